The van der Waals surface area contributed by atoms with E-state index in [0.717, 1.165) is 39.9 Å². The monoisotopic (exact) mass is 401 g/mol. The summed E-state index contributed by atoms with van der Waals surface area (Å²) in [6.45, 7) is 5.49. The topological polar surface area (TPSA) is 36.4 Å². The van der Waals surface area contributed by atoms with Gasteiger partial charge in [0.25, 0.3) is 5.91 Å². The first-order chi connectivity index (χ1) is 12.9. The standard InChI is InChI=1S/C21H24ClN3OS/c1-14-9-10-15(2)16(13-14)20(26)25(12-6-11-24(3)4)21-23-19-17(22)7-5-8-18(19)27-21/h5,7-10,13H,6,11-12H2,1-4H3. The second-order valence-electron chi connectivity index (χ2n) is 7.02. The van der Waals surface area contributed by atoms with Crippen LogP contribution in [0.2, 0.25) is 5.02 Å². The van der Waals surface area contributed by atoms with E-state index in [9.17, 15) is 4.79 Å². The van der Waals surface area contributed by atoms with Crippen LogP contribution in [0.25, 0.3) is 10.2 Å². The molecule has 1 heterocycles. The lowest BCUT2D eigenvalue weighted by Crippen LogP contribution is -2.34. The Labute approximate surface area is 169 Å². The molecule has 0 aliphatic carbocycles. The molecule has 3 rings (SSSR count). The summed E-state index contributed by atoms with van der Waals surface area (Å²) in [7, 11) is 4.07. The fourth-order valence-corrected chi connectivity index (χ4v) is 4.25. The van der Waals surface area contributed by atoms with Crippen LogP contribution in [0.4, 0.5) is 5.13 Å². The van der Waals surface area contributed by atoms with Crippen LogP contribution in [0.5, 0.6) is 0 Å². The number of carbonyl (C=O) groups excluding carboxylic acids is 1. The van der Waals surface area contributed by atoms with Crippen LogP contribution >= 0.6 is 22.9 Å². The SMILES string of the molecule is Cc1ccc(C)c(C(=O)N(CCCN(C)C)c2nc3c(Cl)cccc3s2)c1. The Hall–Kier alpha value is -1.95. The van der Waals surface area contributed by atoms with Gasteiger partial charge in [0.1, 0.15) is 5.52 Å². The van der Waals surface area contributed by atoms with Crippen molar-refractivity contribution >= 4 is 44.2 Å². The molecule has 0 atom stereocenters. The number of fused-ring (bicyclic) bond motifs is 1. The maximum atomic E-state index is 13.4. The first-order valence-corrected chi connectivity index (χ1v) is 10.1. The summed E-state index contributed by atoms with van der Waals surface area (Å²) in [6.07, 6.45) is 0.868. The molecule has 0 saturated heterocycles. The van der Waals surface area contributed by atoms with Crippen molar-refractivity contribution in [2.24, 2.45) is 0 Å². The van der Waals surface area contributed by atoms with Gasteiger partial charge in [-0.25, -0.2) is 4.98 Å². The third-order valence-electron chi connectivity index (χ3n) is 4.45. The van der Waals surface area contributed by atoms with Gasteiger partial charge in [-0.05, 0) is 64.7 Å². The summed E-state index contributed by atoms with van der Waals surface area (Å²) >= 11 is 7.80. The third-order valence-corrected chi connectivity index (χ3v) is 5.79. The van der Waals surface area contributed by atoms with E-state index < -0.39 is 0 Å². The van der Waals surface area contributed by atoms with Crippen molar-refractivity contribution in [1.82, 2.24) is 9.88 Å². The number of aryl methyl sites for hydroxylation is 2. The van der Waals surface area contributed by atoms with E-state index in [1.807, 2.05) is 64.3 Å². The molecule has 2 aromatic carbocycles. The van der Waals surface area contributed by atoms with Gasteiger partial charge in [-0.15, -0.1) is 0 Å². The Morgan fingerprint density at radius 2 is 1.93 bits per heavy atom. The molecule has 1 aromatic heterocycles. The number of para-hydroxylation sites is 1. The number of halogens is 1. The van der Waals surface area contributed by atoms with Gasteiger partial charge < -0.3 is 4.90 Å². The summed E-state index contributed by atoms with van der Waals surface area (Å²) in [4.78, 5) is 22.0. The molecule has 0 radical (unpaired) electrons. The highest BCUT2D eigenvalue weighted by atomic mass is 35.5. The van der Waals surface area contributed by atoms with E-state index in [0.29, 0.717) is 16.7 Å². The summed E-state index contributed by atoms with van der Waals surface area (Å²) in [5.74, 6) is -0.00913. The summed E-state index contributed by atoms with van der Waals surface area (Å²) in [6, 6.07) is 11.7. The Balaban J connectivity index is 2.00. The van der Waals surface area contributed by atoms with Crippen LogP contribution in [0.15, 0.2) is 36.4 Å². The Morgan fingerprint density at radius 3 is 2.63 bits per heavy atom. The number of rotatable bonds is 6. The van der Waals surface area contributed by atoms with E-state index in [2.05, 4.69) is 9.88 Å². The first kappa shape index (κ1) is 19.8. The zero-order valence-corrected chi connectivity index (χ0v) is 17.7. The maximum Gasteiger partial charge on any atom is 0.260 e. The molecule has 0 N–H and O–H groups in total. The zero-order chi connectivity index (χ0) is 19.6. The van der Waals surface area contributed by atoms with Gasteiger partial charge in [0.15, 0.2) is 5.13 Å². The van der Waals surface area contributed by atoms with E-state index in [1.54, 1.807) is 4.90 Å². The lowest BCUT2D eigenvalue weighted by molar-refractivity contribution is 0.0985. The van der Waals surface area contributed by atoms with Crippen LogP contribution < -0.4 is 4.90 Å². The molecule has 1 amide bonds. The van der Waals surface area contributed by atoms with Crippen molar-refractivity contribution in [2.75, 3.05) is 32.1 Å². The van der Waals surface area contributed by atoms with Crippen LogP contribution in [-0.2, 0) is 0 Å². The third kappa shape index (κ3) is 4.49. The minimum atomic E-state index is -0.00913. The number of hydrogen-bond donors (Lipinski definition) is 0. The van der Waals surface area contributed by atoms with Crippen LogP contribution in [0, 0.1) is 13.8 Å². The quantitative estimate of drug-likeness (QED) is 0.572. The summed E-state index contributed by atoms with van der Waals surface area (Å²) in [5.41, 5.74) is 3.53. The first-order valence-electron chi connectivity index (χ1n) is 8.95. The fourth-order valence-electron chi connectivity index (χ4n) is 2.96. The van der Waals surface area contributed by atoms with Crippen molar-refractivity contribution in [3.63, 3.8) is 0 Å². The van der Waals surface area contributed by atoms with Gasteiger partial charge in [-0.1, -0.05) is 46.7 Å². The minimum absolute atomic E-state index is 0.00913. The molecule has 3 aromatic rings. The van der Waals surface area contributed by atoms with Gasteiger partial charge >= 0.3 is 0 Å². The average molecular weight is 402 g/mol. The number of benzene rings is 2. The summed E-state index contributed by atoms with van der Waals surface area (Å²) in [5, 5.41) is 1.31. The number of thiazole rings is 1. The molecule has 142 valence electrons. The van der Waals surface area contributed by atoms with Gasteiger partial charge in [0, 0.05) is 12.1 Å². The molecule has 4 nitrogen and oxygen atoms in total. The normalized spacial score (nSPS) is 11.3. The molecule has 0 aliphatic heterocycles. The van der Waals surface area contributed by atoms with Crippen molar-refractivity contribution in [1.29, 1.82) is 0 Å². The second-order valence-corrected chi connectivity index (χ2v) is 8.43. The summed E-state index contributed by atoms with van der Waals surface area (Å²) < 4.78 is 0.990. The van der Waals surface area contributed by atoms with Crippen LogP contribution in [0.1, 0.15) is 27.9 Å². The van der Waals surface area contributed by atoms with E-state index in [4.69, 9.17) is 11.6 Å². The Bertz CT molecular complexity index is 967. The van der Waals surface area contributed by atoms with Gasteiger partial charge in [-0.3, -0.25) is 9.69 Å². The van der Waals surface area contributed by atoms with E-state index in [1.165, 1.54) is 11.3 Å². The van der Waals surface area contributed by atoms with Gasteiger partial charge in [0.05, 0.1) is 9.72 Å². The molecule has 0 aliphatic rings. The number of anilines is 1. The molecule has 0 spiro atoms. The Morgan fingerprint density at radius 1 is 1.15 bits per heavy atom. The highest BCUT2D eigenvalue weighted by Crippen LogP contribution is 2.33. The van der Waals surface area contributed by atoms with Gasteiger partial charge in [0.2, 0.25) is 0 Å². The van der Waals surface area contributed by atoms with E-state index >= 15 is 0 Å². The maximum absolute atomic E-state index is 13.4. The van der Waals surface area contributed by atoms with Crippen LogP contribution in [0.3, 0.4) is 0 Å². The predicted octanol–water partition coefficient (Wildman–Crippen LogP) is 5.17. The molecule has 0 fully saturated rings. The van der Waals surface area contributed by atoms with Gasteiger partial charge in [-0.2, -0.15) is 0 Å². The van der Waals surface area contributed by atoms with Crippen LogP contribution in [-0.4, -0.2) is 43.0 Å². The predicted molar refractivity (Wildman–Crippen MR) is 115 cm³/mol. The largest absolute Gasteiger partial charge is 0.309 e. The number of hydrogen-bond acceptors (Lipinski definition) is 4. The number of aromatic nitrogens is 1. The molecule has 6 heteroatoms. The molecular weight excluding hydrogens is 378 g/mol. The molecule has 0 unspecified atom stereocenters. The van der Waals surface area contributed by atoms with Crippen molar-refractivity contribution in [3.05, 3.63) is 58.1 Å². The van der Waals surface area contributed by atoms with Crippen molar-refractivity contribution < 1.29 is 4.79 Å². The van der Waals surface area contributed by atoms with Crippen molar-refractivity contribution in [2.45, 2.75) is 20.3 Å². The molecule has 27 heavy (non-hydrogen) atoms. The lowest BCUT2D eigenvalue weighted by Gasteiger charge is -2.22. The highest BCUT2D eigenvalue weighted by Gasteiger charge is 2.23. The molecular formula is C21H24ClN3OS. The number of nitrogens with zero attached hydrogens (tertiary/aromatic N) is 3. The fraction of sp³-hybridized carbons (Fsp3) is 0.333. The van der Waals surface area contributed by atoms with Crippen molar-refractivity contribution in [3.8, 4) is 0 Å². The highest BCUT2D eigenvalue weighted by molar-refractivity contribution is 7.22. The Kier molecular flexibility index (Phi) is 6.15. The lowest BCUT2D eigenvalue weighted by atomic mass is 10.0. The average Bonchev–Trinajstić information content (AvgIpc) is 3.05. The zero-order valence-electron chi connectivity index (χ0n) is 16.1. The molecule has 0 bridgehead atoms. The van der Waals surface area contributed by atoms with E-state index in [-0.39, 0.29) is 5.91 Å². The number of carbonyl (C=O) groups is 1. The molecule has 0 saturated carbocycles. The second kappa shape index (κ2) is 8.38. The smallest absolute Gasteiger partial charge is 0.260 e. The minimum Gasteiger partial charge on any atom is -0.309 e. The number of amides is 1.